The Hall–Kier alpha value is -6.54. The number of hydrogen-bond donors (Lipinski definition) is 5. The van der Waals surface area contributed by atoms with E-state index in [0.717, 1.165) is 0 Å². The molecule has 0 radical (unpaired) electrons. The molecule has 4 rings (SSSR count). The van der Waals surface area contributed by atoms with E-state index in [1.807, 2.05) is 0 Å². The van der Waals surface area contributed by atoms with Crippen LogP contribution >= 0.6 is 46.4 Å². The van der Waals surface area contributed by atoms with Crippen molar-refractivity contribution < 1.29 is 52.9 Å². The first-order chi connectivity index (χ1) is 31.9. The van der Waals surface area contributed by atoms with Crippen LogP contribution in [0.15, 0.2) is 70.3 Å². The standard InChI is InChI=1S/C23H25Cl2N3O6.C22H23Cl2N3O7/c1-12-8-9-17(26-4)22(32)28(12)14(3)21(31)27-18(10-13(2)29)19(30)11-34-23(33)20-15(24)6-5-7-16(20)25;1-11-7-8-15(25-3)21(32)27(11)12(2)20(31)26-16(9-18(29)30)17(28)10-34-22(33)19-13(23)5-4-6-14(19)24/h5-9,14,18,26H,10-11H2,1-4H3,(H,27,31);4-8,12,16,25H,9-10H2,1-3H3,(H,26,31)(H,29,30)/t14?,18-;12?,16-/m00/s1. The highest BCUT2D eigenvalue weighted by molar-refractivity contribution is 6.40. The van der Waals surface area contributed by atoms with Gasteiger partial charge < -0.3 is 35.8 Å². The molecule has 0 aliphatic carbocycles. The van der Waals surface area contributed by atoms with E-state index in [9.17, 15) is 53.1 Å². The number of esters is 2. The Kier molecular flexibility index (Phi) is 21.0. The molecule has 0 saturated heterocycles. The van der Waals surface area contributed by atoms with Crippen molar-refractivity contribution >= 4 is 105 Å². The molecule has 364 valence electrons. The highest BCUT2D eigenvalue weighted by atomic mass is 35.5. The van der Waals surface area contributed by atoms with Crippen molar-refractivity contribution in [2.24, 2.45) is 0 Å². The van der Waals surface area contributed by atoms with Gasteiger partial charge in [0, 0.05) is 31.9 Å². The van der Waals surface area contributed by atoms with Crippen LogP contribution in [0.3, 0.4) is 0 Å². The van der Waals surface area contributed by atoms with Gasteiger partial charge in [0.1, 0.15) is 35.3 Å². The molecular weight excluding hydrogens is 974 g/mol. The molecular formula is C45H48Cl4N6O13. The molecule has 0 fully saturated rings. The molecule has 0 bridgehead atoms. The number of aliphatic carboxylic acids is 1. The number of halogens is 4. The van der Waals surface area contributed by atoms with Gasteiger partial charge in [0.05, 0.1) is 43.7 Å². The number of aryl methyl sites for hydroxylation is 2. The molecule has 2 aromatic carbocycles. The summed E-state index contributed by atoms with van der Waals surface area (Å²) < 4.78 is 12.5. The van der Waals surface area contributed by atoms with Crippen LogP contribution in [0.2, 0.25) is 20.1 Å². The van der Waals surface area contributed by atoms with Crippen LogP contribution in [0.5, 0.6) is 0 Å². The second kappa shape index (κ2) is 25.6. The fourth-order valence-corrected chi connectivity index (χ4v) is 7.51. The number of carboxylic acids is 1. The summed E-state index contributed by atoms with van der Waals surface area (Å²) in [6, 6.07) is 10.4. The molecule has 2 heterocycles. The molecule has 0 spiro atoms. The zero-order chi connectivity index (χ0) is 51.2. The summed E-state index contributed by atoms with van der Waals surface area (Å²) in [7, 11) is 3.14. The van der Waals surface area contributed by atoms with Gasteiger partial charge in [-0.15, -0.1) is 0 Å². The van der Waals surface area contributed by atoms with Gasteiger partial charge in [0.15, 0.2) is 24.8 Å². The first kappa shape index (κ1) is 55.8. The fourth-order valence-electron chi connectivity index (χ4n) is 6.41. The van der Waals surface area contributed by atoms with Gasteiger partial charge in [-0.25, -0.2) is 9.59 Å². The molecule has 2 amide bonds. The Balaban J connectivity index is 0.000000360. The van der Waals surface area contributed by atoms with Gasteiger partial charge >= 0.3 is 17.9 Å². The molecule has 4 aromatic rings. The summed E-state index contributed by atoms with van der Waals surface area (Å²) in [6.07, 6.45) is -1.07. The molecule has 5 N–H and O–H groups in total. The number of rotatable bonds is 20. The third kappa shape index (κ3) is 14.7. The first-order valence-corrected chi connectivity index (χ1v) is 21.9. The van der Waals surface area contributed by atoms with Gasteiger partial charge in [-0.1, -0.05) is 58.5 Å². The number of Topliss-reactive ketones (excluding diaryl/α,β-unsaturated/α-hetero) is 3. The van der Waals surface area contributed by atoms with Crippen LogP contribution in [0, 0.1) is 13.8 Å². The number of hydrogen-bond acceptors (Lipinski definition) is 14. The number of pyridine rings is 2. The molecule has 19 nitrogen and oxygen atoms in total. The van der Waals surface area contributed by atoms with E-state index in [1.165, 1.54) is 60.2 Å². The number of aromatic nitrogens is 2. The number of ether oxygens (including phenoxy) is 2. The average Bonchev–Trinajstić information content (AvgIpc) is 3.26. The van der Waals surface area contributed by atoms with Crippen LogP contribution in [0.1, 0.15) is 77.8 Å². The van der Waals surface area contributed by atoms with Gasteiger partial charge in [0.25, 0.3) is 11.1 Å². The normalized spacial score (nSPS) is 12.4. The maximum absolute atomic E-state index is 12.9. The lowest BCUT2D eigenvalue weighted by Crippen LogP contribution is -2.47. The van der Waals surface area contributed by atoms with E-state index in [1.54, 1.807) is 58.3 Å². The Morgan fingerprint density at radius 3 is 1.24 bits per heavy atom. The van der Waals surface area contributed by atoms with Crippen LogP contribution in [0.25, 0.3) is 0 Å². The quantitative estimate of drug-likeness (QED) is 0.0693. The highest BCUT2D eigenvalue weighted by Crippen LogP contribution is 2.26. The zero-order valence-corrected chi connectivity index (χ0v) is 40.7. The van der Waals surface area contributed by atoms with E-state index in [4.69, 9.17) is 55.9 Å². The second-order valence-corrected chi connectivity index (χ2v) is 16.5. The Labute approximate surface area is 409 Å². The number of carboxylic acid groups (broad SMARTS) is 1. The minimum absolute atomic E-state index is 0.0128. The van der Waals surface area contributed by atoms with Crippen molar-refractivity contribution in [2.75, 3.05) is 37.9 Å². The largest absolute Gasteiger partial charge is 0.481 e. The second-order valence-electron chi connectivity index (χ2n) is 14.9. The van der Waals surface area contributed by atoms with E-state index in [0.29, 0.717) is 17.1 Å². The monoisotopic (exact) mass is 1020 g/mol. The maximum atomic E-state index is 12.9. The number of amides is 2. The van der Waals surface area contributed by atoms with Gasteiger partial charge in [0.2, 0.25) is 11.8 Å². The Morgan fingerprint density at radius 1 is 0.588 bits per heavy atom. The van der Waals surface area contributed by atoms with Gasteiger partial charge in [-0.05, 0) is 83.1 Å². The Bertz CT molecular complexity index is 2500. The van der Waals surface area contributed by atoms with Crippen molar-refractivity contribution in [3.63, 3.8) is 0 Å². The van der Waals surface area contributed by atoms with Crippen molar-refractivity contribution in [1.82, 2.24) is 19.8 Å². The van der Waals surface area contributed by atoms with Gasteiger partial charge in [-0.3, -0.25) is 47.5 Å². The molecule has 23 heteroatoms. The minimum atomic E-state index is -1.51. The summed E-state index contributed by atoms with van der Waals surface area (Å²) >= 11 is 23.8. The number of carbonyl (C=O) groups is 8. The predicted octanol–water partition coefficient (Wildman–Crippen LogP) is 5.41. The smallest absolute Gasteiger partial charge is 0.341 e. The molecule has 0 aliphatic heterocycles. The van der Waals surface area contributed by atoms with E-state index in [-0.39, 0.29) is 49.1 Å². The summed E-state index contributed by atoms with van der Waals surface area (Å²) in [6.45, 7) is 5.94. The van der Waals surface area contributed by atoms with Crippen LogP contribution < -0.4 is 32.4 Å². The fraction of sp³-hybridized carbons (Fsp3) is 0.333. The van der Waals surface area contributed by atoms with Crippen molar-refractivity contribution in [1.29, 1.82) is 0 Å². The molecule has 4 atom stereocenters. The summed E-state index contributed by atoms with van der Waals surface area (Å²) in [5.41, 5.74) is 0.455. The zero-order valence-electron chi connectivity index (χ0n) is 37.7. The van der Waals surface area contributed by atoms with Crippen molar-refractivity contribution in [3.8, 4) is 0 Å². The summed E-state index contributed by atoms with van der Waals surface area (Å²) in [5, 5.41) is 19.6. The Morgan fingerprint density at radius 2 is 0.926 bits per heavy atom. The van der Waals surface area contributed by atoms with Crippen LogP contribution in [-0.4, -0.2) is 101 Å². The number of nitrogens with one attached hydrogen (secondary N) is 4. The topological polar surface area (TPSA) is 267 Å². The number of ketones is 3. The third-order valence-electron chi connectivity index (χ3n) is 10.0. The third-order valence-corrected chi connectivity index (χ3v) is 11.3. The number of anilines is 2. The van der Waals surface area contributed by atoms with E-state index < -0.39 is 96.2 Å². The lowest BCUT2D eigenvalue weighted by Gasteiger charge is -2.22. The number of nitrogens with zero attached hydrogens (tertiary/aromatic N) is 2. The molecule has 0 aliphatic rings. The average molecular weight is 1020 g/mol. The highest BCUT2D eigenvalue weighted by Gasteiger charge is 2.30. The summed E-state index contributed by atoms with van der Waals surface area (Å²) in [4.78, 5) is 124. The lowest BCUT2D eigenvalue weighted by molar-refractivity contribution is -0.141. The molecule has 2 unspecified atom stereocenters. The number of benzene rings is 2. The van der Waals surface area contributed by atoms with Crippen molar-refractivity contribution in [3.05, 3.63) is 124 Å². The van der Waals surface area contributed by atoms with Gasteiger partial charge in [-0.2, -0.15) is 0 Å². The first-order valence-electron chi connectivity index (χ1n) is 20.3. The predicted molar refractivity (Wildman–Crippen MR) is 254 cm³/mol. The lowest BCUT2D eigenvalue weighted by atomic mass is 10.1. The van der Waals surface area contributed by atoms with Crippen LogP contribution in [-0.2, 0) is 38.2 Å². The van der Waals surface area contributed by atoms with Crippen molar-refractivity contribution in [2.45, 2.75) is 71.6 Å². The van der Waals surface area contributed by atoms with E-state index in [2.05, 4.69) is 21.3 Å². The maximum Gasteiger partial charge on any atom is 0.341 e. The molecule has 2 aromatic heterocycles. The van der Waals surface area contributed by atoms with Crippen LogP contribution in [0.4, 0.5) is 11.4 Å². The SMILES string of the molecule is CNc1ccc(C)n(C(C)C(=O)N[C@@H](CC(=O)O)C(=O)COC(=O)c2c(Cl)cccc2Cl)c1=O.CNc1ccc(C)n(C(C)C(=O)N[C@@H](CC(C)=O)C(=O)COC(=O)c2c(Cl)cccc2Cl)c1=O. The minimum Gasteiger partial charge on any atom is -0.481 e. The number of carbonyl (C=O) groups excluding carboxylic acids is 7. The molecule has 68 heavy (non-hydrogen) atoms. The molecule has 0 saturated carbocycles. The summed E-state index contributed by atoms with van der Waals surface area (Å²) in [5.74, 6) is -6.63. The van der Waals surface area contributed by atoms with E-state index >= 15 is 0 Å².